The number of amides is 8. The topological polar surface area (TPSA) is 464 Å². The summed E-state index contributed by atoms with van der Waals surface area (Å²) in [6.45, 7) is 0. The summed E-state index contributed by atoms with van der Waals surface area (Å²) < 4.78 is 67.9. The Balaban J connectivity index is 0.000000197. The summed E-state index contributed by atoms with van der Waals surface area (Å²) in [7, 11) is -9.89. The Morgan fingerprint density at radius 3 is 0.702 bits per heavy atom. The summed E-state index contributed by atoms with van der Waals surface area (Å²) in [5.74, 6) is 0. The molecule has 0 aromatic carbocycles. The molecule has 2 aliphatic carbocycles. The van der Waals surface area contributed by atoms with Gasteiger partial charge in [0.15, 0.2) is 22.7 Å². The Morgan fingerprint density at radius 1 is 0.386 bits per heavy atom. The minimum atomic E-state index is -4.94. The van der Waals surface area contributed by atoms with Gasteiger partial charge in [0.05, 0.1) is 22.8 Å². The van der Waals surface area contributed by atoms with E-state index in [1.807, 2.05) is 24.3 Å². The average molecular weight is 1030 g/mol. The second-order valence-corrected chi connectivity index (χ2v) is 13.2. The van der Waals surface area contributed by atoms with E-state index in [9.17, 15) is 19.2 Å². The fraction of sp³-hybridized carbons (Fsp3) is 0.143. The molecular weight excluding hydrogens is 1010 g/mol. The van der Waals surface area contributed by atoms with Crippen LogP contribution in [0, 0.1) is 20.5 Å². The Labute approximate surface area is 341 Å². The van der Waals surface area contributed by atoms with Crippen LogP contribution in [-0.4, -0.2) is 82.3 Å². The SMILES string of the molecule is O.O.O=C1NC23NC(=O)NC2(N1)c1cccnc1-c1ncccc13.O=C1NC23NC(=O)NC2(N1)c1cccnc1-c1ncccc13.[O-][Cl+3]([O-])([O-])[O-].[O-][Cl+3]([O-])([O-])[O-].[Pb+2]. The second-order valence-electron chi connectivity index (χ2n) is 11.7. The van der Waals surface area contributed by atoms with E-state index in [0.717, 1.165) is 0 Å². The van der Waals surface area contributed by atoms with Crippen LogP contribution in [-0.2, 0) is 22.7 Å². The van der Waals surface area contributed by atoms with Crippen molar-refractivity contribution in [2.75, 3.05) is 0 Å². The van der Waals surface area contributed by atoms with Crippen LogP contribution in [0.3, 0.4) is 0 Å². The fourth-order valence-electron chi connectivity index (χ4n) is 7.30. The summed E-state index contributed by atoms with van der Waals surface area (Å²) in [6.07, 6.45) is 6.65. The van der Waals surface area contributed by atoms with Crippen LogP contribution in [0.4, 0.5) is 19.2 Å². The second kappa shape index (κ2) is 15.3. The molecule has 6 aliphatic rings. The molecule has 10 rings (SSSR count). The van der Waals surface area contributed by atoms with Crippen molar-refractivity contribution in [3.63, 3.8) is 0 Å². The van der Waals surface area contributed by atoms with E-state index in [-0.39, 0.29) is 62.4 Å². The maximum Gasteiger partial charge on any atom is 2.00 e. The Kier molecular flexibility index (Phi) is 11.9. The molecule has 4 aromatic heterocycles. The molecule has 8 heterocycles. The normalized spacial score (nSPS) is 25.3. The van der Waals surface area contributed by atoms with Crippen molar-refractivity contribution in [3.8, 4) is 22.8 Å². The van der Waals surface area contributed by atoms with E-state index in [2.05, 4.69) is 62.5 Å². The van der Waals surface area contributed by atoms with Gasteiger partial charge in [-0.2, -0.15) is 0 Å². The number of hydrogen-bond acceptors (Lipinski definition) is 16. The zero-order valence-electron chi connectivity index (χ0n) is 27.9. The van der Waals surface area contributed by atoms with Crippen molar-refractivity contribution < 1.29 is 87.9 Å². The third-order valence-corrected chi connectivity index (χ3v) is 8.83. The number of nitrogens with zero attached hydrogens (tertiary/aromatic N) is 4. The third-order valence-electron chi connectivity index (χ3n) is 8.83. The van der Waals surface area contributed by atoms with Crippen molar-refractivity contribution in [3.05, 3.63) is 95.6 Å². The van der Waals surface area contributed by atoms with Crippen LogP contribution in [0.2, 0.25) is 0 Å². The quantitative estimate of drug-likeness (QED) is 0.0758. The van der Waals surface area contributed by atoms with Crippen LogP contribution in [0.1, 0.15) is 22.3 Å². The van der Waals surface area contributed by atoms with Crippen molar-refractivity contribution in [2.45, 2.75) is 22.7 Å². The van der Waals surface area contributed by atoms with Crippen molar-refractivity contribution in [1.29, 1.82) is 0 Å². The Bertz CT molecular complexity index is 1910. The predicted molar refractivity (Wildman–Crippen MR) is 161 cm³/mol. The molecule has 4 fully saturated rings. The summed E-state index contributed by atoms with van der Waals surface area (Å²) in [5.41, 5.74) is 0.835. The van der Waals surface area contributed by atoms with E-state index >= 15 is 0 Å². The molecule has 8 amide bonds. The zero-order valence-corrected chi connectivity index (χ0v) is 33.3. The number of carbonyl (C=O) groups is 4. The monoisotopic (exact) mass is 1030 g/mol. The maximum atomic E-state index is 12.1. The summed E-state index contributed by atoms with van der Waals surface area (Å²) >= 11 is 0. The molecule has 12 N–H and O–H groups in total. The molecule has 0 unspecified atom stereocenters. The van der Waals surface area contributed by atoms with Crippen LogP contribution >= 0.6 is 0 Å². The van der Waals surface area contributed by atoms with Gasteiger partial charge in [-0.3, -0.25) is 19.9 Å². The molecule has 29 heteroatoms. The fourth-order valence-corrected chi connectivity index (χ4v) is 7.30. The van der Waals surface area contributed by atoms with E-state index < -0.39 is 43.1 Å². The zero-order chi connectivity index (χ0) is 38.9. The molecule has 2 radical (unpaired) electrons. The van der Waals surface area contributed by atoms with E-state index in [0.29, 0.717) is 45.0 Å². The molecule has 0 spiro atoms. The van der Waals surface area contributed by atoms with E-state index in [1.54, 1.807) is 49.1 Å². The first-order valence-electron chi connectivity index (χ1n) is 14.8. The van der Waals surface area contributed by atoms with Gasteiger partial charge in [-0.1, -0.05) is 24.3 Å². The minimum Gasteiger partial charge on any atom is -0.412 e. The number of aromatic nitrogens is 4. The molecule has 26 nitrogen and oxygen atoms in total. The van der Waals surface area contributed by atoms with Gasteiger partial charge in [0, 0.05) is 47.0 Å². The Morgan fingerprint density at radius 2 is 0.544 bits per heavy atom. The number of pyridine rings is 4. The third kappa shape index (κ3) is 7.29. The van der Waals surface area contributed by atoms with Crippen LogP contribution in [0.5, 0.6) is 0 Å². The number of rotatable bonds is 0. The number of halogens is 2. The number of hydrogen-bond donors (Lipinski definition) is 8. The smallest absolute Gasteiger partial charge is 0.412 e. The van der Waals surface area contributed by atoms with Crippen molar-refractivity contribution >= 4 is 51.4 Å². The molecule has 4 aliphatic heterocycles. The van der Waals surface area contributed by atoms with Gasteiger partial charge in [-0.05, 0) is 24.3 Å². The molecule has 0 saturated carbocycles. The van der Waals surface area contributed by atoms with Crippen LogP contribution in [0.25, 0.3) is 22.8 Å². The van der Waals surface area contributed by atoms with Gasteiger partial charge >= 0.3 is 51.4 Å². The van der Waals surface area contributed by atoms with E-state index in [4.69, 9.17) is 37.3 Å². The number of nitrogens with one attached hydrogen (secondary N) is 8. The van der Waals surface area contributed by atoms with Gasteiger partial charge in [0.1, 0.15) is 0 Å². The minimum absolute atomic E-state index is 0. The number of urea groups is 4. The van der Waals surface area contributed by atoms with Gasteiger partial charge in [-0.25, -0.2) is 56.5 Å². The molecule has 57 heavy (non-hydrogen) atoms. The first-order valence-corrected chi connectivity index (χ1v) is 17.3. The molecule has 4 saturated heterocycles. The standard InChI is InChI=1S/2C14H10N6O2.2ClHO4.2H2O.Pb/c2*21-11-17-13-7-3-1-5-15-9(7)10-8(4-2-6-16-10)14(13,19-11)20-12(22)18-13;2*2-1(3,4)5;;;/h2*1-6H,(H2,17,19,21)(H2,18,20,22);2*(H,2,3,4,5);2*1H2;/q;;;;;;+2/p-2. The van der Waals surface area contributed by atoms with Crippen LogP contribution in [0.15, 0.2) is 73.3 Å². The van der Waals surface area contributed by atoms with Crippen LogP contribution < -0.4 is 79.8 Å². The first-order chi connectivity index (χ1) is 25.3. The molecular formula is C28H24Cl2N12O14Pb. The number of carbonyl (C=O) groups excluding carboxylic acids is 4. The van der Waals surface area contributed by atoms with Crippen molar-refractivity contribution in [2.24, 2.45) is 0 Å². The summed E-state index contributed by atoms with van der Waals surface area (Å²) in [5, 5.41) is 22.7. The average Bonchev–Trinajstić information content (AvgIpc) is 3.74. The summed E-state index contributed by atoms with van der Waals surface area (Å²) in [6, 6.07) is 12.9. The first kappa shape index (κ1) is 44.5. The van der Waals surface area contributed by atoms with Crippen molar-refractivity contribution in [1.82, 2.24) is 62.5 Å². The molecule has 298 valence electrons. The van der Waals surface area contributed by atoms with Gasteiger partial charge < -0.3 is 53.5 Å². The maximum absolute atomic E-state index is 12.1. The van der Waals surface area contributed by atoms with Gasteiger partial charge in [0.25, 0.3) is 0 Å². The molecule has 0 atom stereocenters. The summed E-state index contributed by atoms with van der Waals surface area (Å²) in [4.78, 5) is 65.9. The molecule has 4 aromatic rings. The largest absolute Gasteiger partial charge is 2.00 e. The number of fused-ring (bicyclic) bond motifs is 6. The van der Waals surface area contributed by atoms with Gasteiger partial charge in [-0.15, -0.1) is 20.5 Å². The predicted octanol–water partition coefficient (Wildman–Crippen LogP) is -11.4. The molecule has 0 bridgehead atoms. The van der Waals surface area contributed by atoms with E-state index in [1.165, 1.54) is 0 Å². The Hall–Kier alpha value is -5.22. The van der Waals surface area contributed by atoms with Gasteiger partial charge in [0.2, 0.25) is 0 Å².